The highest BCUT2D eigenvalue weighted by molar-refractivity contribution is 9.10. The van der Waals surface area contributed by atoms with Crippen molar-refractivity contribution in [2.24, 2.45) is 0 Å². The molecule has 3 aromatic rings. The van der Waals surface area contributed by atoms with Crippen molar-refractivity contribution >= 4 is 33.0 Å². The summed E-state index contributed by atoms with van der Waals surface area (Å²) in [6.07, 6.45) is 3.73. The molecule has 1 aromatic carbocycles. The molecule has 5 heteroatoms. The molecule has 3 rings (SSSR count). The maximum Gasteiger partial charge on any atom is 0.0666 e. The lowest BCUT2D eigenvalue weighted by atomic mass is 10.2. The second kappa shape index (κ2) is 5.81. The van der Waals surface area contributed by atoms with Crippen LogP contribution in [0.5, 0.6) is 0 Å². The molecule has 0 fully saturated rings. The normalized spacial score (nSPS) is 10.7. The van der Waals surface area contributed by atoms with Crippen molar-refractivity contribution in [3.8, 4) is 5.69 Å². The summed E-state index contributed by atoms with van der Waals surface area (Å²) in [4.78, 5) is 2.63. The molecule has 0 aliphatic carbocycles. The average molecular weight is 348 g/mol. The van der Waals surface area contributed by atoms with E-state index >= 15 is 0 Å². The van der Waals surface area contributed by atoms with E-state index in [2.05, 4.69) is 51.5 Å². The van der Waals surface area contributed by atoms with Crippen LogP contribution in [0.2, 0.25) is 0 Å². The number of halogens is 1. The Kier molecular flexibility index (Phi) is 3.89. The highest BCUT2D eigenvalue weighted by Crippen LogP contribution is 2.27. The van der Waals surface area contributed by atoms with Gasteiger partial charge in [-0.1, -0.05) is 6.07 Å². The van der Waals surface area contributed by atoms with Crippen molar-refractivity contribution < 1.29 is 0 Å². The maximum atomic E-state index is 4.25. The van der Waals surface area contributed by atoms with Crippen LogP contribution in [0.4, 0.5) is 5.69 Å². The second-order valence-corrected chi connectivity index (χ2v) is 6.67. The van der Waals surface area contributed by atoms with Gasteiger partial charge in [-0.25, -0.2) is 4.68 Å². The molecule has 0 spiro atoms. The largest absolute Gasteiger partial charge is 0.380 e. The van der Waals surface area contributed by atoms with Gasteiger partial charge < -0.3 is 5.32 Å². The average Bonchev–Trinajstić information content (AvgIpc) is 3.08. The third-order valence-corrected chi connectivity index (χ3v) is 5.13. The molecule has 2 heterocycles. The van der Waals surface area contributed by atoms with Crippen LogP contribution in [0, 0.1) is 6.92 Å². The van der Waals surface area contributed by atoms with Gasteiger partial charge >= 0.3 is 0 Å². The third kappa shape index (κ3) is 2.94. The quantitative estimate of drug-likeness (QED) is 0.746. The highest BCUT2D eigenvalue weighted by atomic mass is 79.9. The van der Waals surface area contributed by atoms with Crippen molar-refractivity contribution in [2.75, 3.05) is 5.32 Å². The zero-order valence-electron chi connectivity index (χ0n) is 11.0. The Morgan fingerprint density at radius 2 is 2.20 bits per heavy atom. The van der Waals surface area contributed by atoms with Crippen LogP contribution in [0.3, 0.4) is 0 Å². The van der Waals surface area contributed by atoms with E-state index < -0.39 is 0 Å². The number of benzene rings is 1. The van der Waals surface area contributed by atoms with Gasteiger partial charge in [-0.15, -0.1) is 11.3 Å². The van der Waals surface area contributed by atoms with E-state index in [4.69, 9.17) is 0 Å². The summed E-state index contributed by atoms with van der Waals surface area (Å²) in [7, 11) is 0. The van der Waals surface area contributed by atoms with E-state index in [0.717, 1.165) is 17.9 Å². The van der Waals surface area contributed by atoms with Gasteiger partial charge in [0.2, 0.25) is 0 Å². The summed E-state index contributed by atoms with van der Waals surface area (Å²) in [6, 6.07) is 12.3. The Labute approximate surface area is 130 Å². The minimum atomic E-state index is 0.833. The number of hydrogen-bond donors (Lipinski definition) is 1. The molecule has 0 saturated carbocycles. The van der Waals surface area contributed by atoms with Crippen molar-refractivity contribution in [1.29, 1.82) is 0 Å². The van der Waals surface area contributed by atoms with E-state index in [-0.39, 0.29) is 0 Å². The zero-order valence-corrected chi connectivity index (χ0v) is 13.4. The third-order valence-electron chi connectivity index (χ3n) is 2.99. The SMILES string of the molecule is Cc1sc(CNc2cccc(-n3cccn3)c2)cc1Br. The first-order valence-corrected chi connectivity index (χ1v) is 7.92. The monoisotopic (exact) mass is 347 g/mol. The van der Waals surface area contributed by atoms with Gasteiger partial charge in [-0.3, -0.25) is 0 Å². The molecule has 0 bridgehead atoms. The number of nitrogens with zero attached hydrogens (tertiary/aromatic N) is 2. The minimum absolute atomic E-state index is 0.833. The number of thiophene rings is 1. The summed E-state index contributed by atoms with van der Waals surface area (Å²) in [6.45, 7) is 2.95. The first kappa shape index (κ1) is 13.4. The first-order chi connectivity index (χ1) is 9.72. The van der Waals surface area contributed by atoms with E-state index in [0.29, 0.717) is 0 Å². The Balaban J connectivity index is 1.73. The van der Waals surface area contributed by atoms with Gasteiger partial charge in [-0.2, -0.15) is 5.10 Å². The van der Waals surface area contributed by atoms with Gasteiger partial charge in [0.05, 0.1) is 5.69 Å². The fourth-order valence-corrected chi connectivity index (χ4v) is 3.52. The summed E-state index contributed by atoms with van der Waals surface area (Å²) in [5.41, 5.74) is 2.16. The van der Waals surface area contributed by atoms with E-state index in [1.54, 1.807) is 6.20 Å². The van der Waals surface area contributed by atoms with Crippen LogP contribution >= 0.6 is 27.3 Å². The van der Waals surface area contributed by atoms with E-state index in [1.165, 1.54) is 14.2 Å². The van der Waals surface area contributed by atoms with Crippen molar-refractivity contribution in [1.82, 2.24) is 9.78 Å². The molecule has 1 N–H and O–H groups in total. The van der Waals surface area contributed by atoms with E-state index in [9.17, 15) is 0 Å². The molecule has 0 aliphatic heterocycles. The second-order valence-electron chi connectivity index (χ2n) is 4.47. The summed E-state index contributed by atoms with van der Waals surface area (Å²) < 4.78 is 3.04. The molecule has 0 unspecified atom stereocenters. The van der Waals surface area contributed by atoms with Gasteiger partial charge in [0, 0.05) is 38.9 Å². The Bertz CT molecular complexity index is 684. The number of nitrogens with one attached hydrogen (secondary N) is 1. The van der Waals surface area contributed by atoms with Crippen molar-refractivity contribution in [3.05, 3.63) is 63.0 Å². The Morgan fingerprint density at radius 3 is 2.90 bits per heavy atom. The van der Waals surface area contributed by atoms with Crippen LogP contribution < -0.4 is 5.32 Å². The zero-order chi connectivity index (χ0) is 13.9. The molecular weight excluding hydrogens is 334 g/mol. The van der Waals surface area contributed by atoms with Crippen LogP contribution in [-0.2, 0) is 6.54 Å². The minimum Gasteiger partial charge on any atom is -0.380 e. The van der Waals surface area contributed by atoms with Crippen LogP contribution in [0.1, 0.15) is 9.75 Å². The number of aryl methyl sites for hydroxylation is 1. The summed E-state index contributed by atoms with van der Waals surface area (Å²) >= 11 is 5.36. The summed E-state index contributed by atoms with van der Waals surface area (Å²) in [5.74, 6) is 0. The van der Waals surface area contributed by atoms with Crippen LogP contribution in [0.15, 0.2) is 53.3 Å². The van der Waals surface area contributed by atoms with Crippen LogP contribution in [0.25, 0.3) is 5.69 Å². The molecule has 0 saturated heterocycles. The van der Waals surface area contributed by atoms with Gasteiger partial charge in [-0.05, 0) is 53.2 Å². The van der Waals surface area contributed by atoms with Gasteiger partial charge in [0.1, 0.15) is 0 Å². The lowest BCUT2D eigenvalue weighted by molar-refractivity contribution is 0.880. The number of hydrogen-bond acceptors (Lipinski definition) is 3. The standard InChI is InChI=1S/C15H14BrN3S/c1-11-15(16)9-14(20-11)10-17-12-4-2-5-13(8-12)19-7-3-6-18-19/h2-9,17H,10H2,1H3. The molecule has 0 aliphatic rings. The van der Waals surface area contributed by atoms with Crippen LogP contribution in [-0.4, -0.2) is 9.78 Å². The van der Waals surface area contributed by atoms with Gasteiger partial charge in [0.15, 0.2) is 0 Å². The molecule has 3 nitrogen and oxygen atoms in total. The smallest absolute Gasteiger partial charge is 0.0666 e. The van der Waals surface area contributed by atoms with Crippen molar-refractivity contribution in [2.45, 2.75) is 13.5 Å². The first-order valence-electron chi connectivity index (χ1n) is 6.31. The molecular formula is C15H14BrN3S. The van der Waals surface area contributed by atoms with Crippen molar-refractivity contribution in [3.63, 3.8) is 0 Å². The molecule has 0 radical (unpaired) electrons. The molecule has 20 heavy (non-hydrogen) atoms. The topological polar surface area (TPSA) is 29.9 Å². The van der Waals surface area contributed by atoms with E-state index in [1.807, 2.05) is 40.4 Å². The Morgan fingerprint density at radius 1 is 1.30 bits per heavy atom. The molecule has 0 amide bonds. The number of aromatic nitrogens is 2. The predicted molar refractivity (Wildman–Crippen MR) is 87.6 cm³/mol. The van der Waals surface area contributed by atoms with Gasteiger partial charge in [0.25, 0.3) is 0 Å². The number of anilines is 1. The lowest BCUT2D eigenvalue weighted by Gasteiger charge is -2.07. The predicted octanol–water partition coefficient (Wildman–Crippen LogP) is 4.62. The molecule has 102 valence electrons. The lowest BCUT2D eigenvalue weighted by Crippen LogP contribution is -1.99. The number of rotatable bonds is 4. The fourth-order valence-electron chi connectivity index (χ4n) is 1.97. The highest BCUT2D eigenvalue weighted by Gasteiger charge is 2.03. The fraction of sp³-hybridized carbons (Fsp3) is 0.133. The Hall–Kier alpha value is -1.59. The molecule has 2 aromatic heterocycles. The molecule has 0 atom stereocenters. The summed E-state index contributed by atoms with van der Waals surface area (Å²) in [5, 5.41) is 7.70. The maximum absolute atomic E-state index is 4.25.